The summed E-state index contributed by atoms with van der Waals surface area (Å²) < 4.78 is 4.92. The van der Waals surface area contributed by atoms with Gasteiger partial charge in [0.05, 0.1) is 12.1 Å². The van der Waals surface area contributed by atoms with Gasteiger partial charge in [-0.1, -0.05) is 5.16 Å². The first-order valence-corrected chi connectivity index (χ1v) is 4.12. The summed E-state index contributed by atoms with van der Waals surface area (Å²) >= 11 is 0. The van der Waals surface area contributed by atoms with Gasteiger partial charge in [0.25, 0.3) is 0 Å². The molecule has 1 fully saturated rings. The highest BCUT2D eigenvalue weighted by atomic mass is 16.5. The molecule has 2 heterocycles. The number of rotatable bonds is 1. The van der Waals surface area contributed by atoms with Gasteiger partial charge in [0, 0.05) is 6.07 Å². The van der Waals surface area contributed by atoms with Crippen LogP contribution in [0.1, 0.15) is 23.9 Å². The zero-order valence-electron chi connectivity index (χ0n) is 6.95. The predicted molar refractivity (Wildman–Crippen MR) is 42.6 cm³/mol. The van der Waals surface area contributed by atoms with Crippen LogP contribution in [0.25, 0.3) is 0 Å². The summed E-state index contributed by atoms with van der Waals surface area (Å²) in [6, 6.07) is 1.81. The molecule has 2 rings (SSSR count). The molecular formula is C8H12N2O2. The van der Waals surface area contributed by atoms with Gasteiger partial charge in [-0.3, -0.25) is 0 Å². The van der Waals surface area contributed by atoms with Gasteiger partial charge in [-0.05, 0) is 19.9 Å². The Balaban J connectivity index is 2.19. The smallest absolute Gasteiger partial charge is 0.133 e. The molecule has 12 heavy (non-hydrogen) atoms. The predicted octanol–water partition coefficient (Wildman–Crippen LogP) is 0.378. The fourth-order valence-electron chi connectivity index (χ4n) is 1.52. The normalized spacial score (nSPS) is 29.5. The Hall–Kier alpha value is -0.870. The van der Waals surface area contributed by atoms with Crippen molar-refractivity contribution >= 4 is 0 Å². The third-order valence-corrected chi connectivity index (χ3v) is 2.15. The van der Waals surface area contributed by atoms with Crippen LogP contribution in [0.2, 0.25) is 0 Å². The van der Waals surface area contributed by atoms with Crippen LogP contribution in [0.4, 0.5) is 0 Å². The number of aromatic nitrogens is 1. The van der Waals surface area contributed by atoms with E-state index in [4.69, 9.17) is 4.52 Å². The molecule has 4 nitrogen and oxygen atoms in total. The van der Waals surface area contributed by atoms with Crippen LogP contribution in [0.5, 0.6) is 0 Å². The lowest BCUT2D eigenvalue weighted by Gasteiger charge is -2.09. The first-order chi connectivity index (χ1) is 5.77. The molecule has 0 saturated carbocycles. The van der Waals surface area contributed by atoms with E-state index in [1.807, 2.05) is 13.0 Å². The number of hydrogen-bond donors (Lipinski definition) is 2. The van der Waals surface area contributed by atoms with Crippen LogP contribution in [-0.2, 0) is 0 Å². The van der Waals surface area contributed by atoms with Crippen LogP contribution in [0.15, 0.2) is 10.6 Å². The highest BCUT2D eigenvalue weighted by molar-refractivity contribution is 5.12. The van der Waals surface area contributed by atoms with Crippen molar-refractivity contribution in [2.45, 2.75) is 25.5 Å². The van der Waals surface area contributed by atoms with E-state index in [1.165, 1.54) is 0 Å². The number of aryl methyl sites for hydroxylation is 1. The quantitative estimate of drug-likeness (QED) is 0.636. The Labute approximate surface area is 70.6 Å². The van der Waals surface area contributed by atoms with Gasteiger partial charge in [-0.15, -0.1) is 0 Å². The maximum Gasteiger partial charge on any atom is 0.133 e. The van der Waals surface area contributed by atoms with Gasteiger partial charge >= 0.3 is 0 Å². The van der Waals surface area contributed by atoms with Crippen LogP contribution in [0, 0.1) is 6.92 Å². The fraction of sp³-hybridized carbons (Fsp3) is 0.625. The molecule has 1 aromatic rings. The largest absolute Gasteiger partial charge is 0.391 e. The van der Waals surface area contributed by atoms with Gasteiger partial charge in [0.1, 0.15) is 11.5 Å². The minimum Gasteiger partial charge on any atom is -0.391 e. The summed E-state index contributed by atoms with van der Waals surface area (Å²) in [5.41, 5.74) is 0.803. The molecule has 0 amide bonds. The summed E-state index contributed by atoms with van der Waals surface area (Å²) in [5.74, 6) is 0.783. The van der Waals surface area contributed by atoms with Crippen molar-refractivity contribution in [1.82, 2.24) is 10.5 Å². The van der Waals surface area contributed by atoms with Crippen molar-refractivity contribution in [1.29, 1.82) is 0 Å². The first-order valence-electron chi connectivity index (χ1n) is 4.12. The Bertz CT molecular complexity index is 272. The van der Waals surface area contributed by atoms with Crippen LogP contribution in [0.3, 0.4) is 0 Å². The Morgan fingerprint density at radius 2 is 2.58 bits per heavy atom. The second kappa shape index (κ2) is 2.88. The lowest BCUT2D eigenvalue weighted by molar-refractivity contribution is 0.156. The minimum atomic E-state index is -0.325. The lowest BCUT2D eigenvalue weighted by Crippen LogP contribution is -2.21. The molecule has 66 valence electrons. The van der Waals surface area contributed by atoms with Gasteiger partial charge in [0.15, 0.2) is 0 Å². The fourth-order valence-corrected chi connectivity index (χ4v) is 1.52. The molecule has 1 saturated heterocycles. The second-order valence-electron chi connectivity index (χ2n) is 3.15. The average molecular weight is 168 g/mol. The van der Waals surface area contributed by atoms with Gasteiger partial charge in [0.2, 0.25) is 0 Å². The molecule has 2 N–H and O–H groups in total. The summed E-state index contributed by atoms with van der Waals surface area (Å²) in [5, 5.41) is 16.5. The molecular weight excluding hydrogens is 156 g/mol. The third-order valence-electron chi connectivity index (χ3n) is 2.15. The van der Waals surface area contributed by atoms with Crippen molar-refractivity contribution in [2.75, 3.05) is 6.54 Å². The number of nitrogens with one attached hydrogen (secondary N) is 1. The van der Waals surface area contributed by atoms with Crippen LogP contribution in [-0.4, -0.2) is 22.9 Å². The topological polar surface area (TPSA) is 58.3 Å². The van der Waals surface area contributed by atoms with Crippen LogP contribution < -0.4 is 5.32 Å². The highest BCUT2D eigenvalue weighted by Gasteiger charge is 2.28. The molecule has 0 aromatic carbocycles. The molecule has 0 aliphatic carbocycles. The zero-order valence-corrected chi connectivity index (χ0v) is 6.95. The lowest BCUT2D eigenvalue weighted by atomic mass is 10.1. The van der Waals surface area contributed by atoms with Gasteiger partial charge in [-0.25, -0.2) is 0 Å². The Morgan fingerprint density at radius 3 is 3.08 bits per heavy atom. The number of aliphatic hydroxyl groups is 1. The molecule has 1 aromatic heterocycles. The molecule has 2 atom stereocenters. The Morgan fingerprint density at radius 1 is 1.75 bits per heavy atom. The van der Waals surface area contributed by atoms with E-state index in [2.05, 4.69) is 10.5 Å². The van der Waals surface area contributed by atoms with Crippen molar-refractivity contribution in [3.05, 3.63) is 17.5 Å². The summed E-state index contributed by atoms with van der Waals surface area (Å²) in [6.07, 6.45) is 0.464. The second-order valence-corrected chi connectivity index (χ2v) is 3.15. The molecule has 1 aliphatic rings. The van der Waals surface area contributed by atoms with E-state index in [-0.39, 0.29) is 12.1 Å². The van der Waals surface area contributed by atoms with Crippen LogP contribution >= 0.6 is 0 Å². The van der Waals surface area contributed by atoms with E-state index in [9.17, 15) is 5.11 Å². The Kier molecular flexibility index (Phi) is 1.86. The third kappa shape index (κ3) is 1.23. The molecule has 4 heteroatoms. The molecule has 0 radical (unpaired) electrons. The van der Waals surface area contributed by atoms with Crippen molar-refractivity contribution < 1.29 is 9.63 Å². The molecule has 0 spiro atoms. The van der Waals surface area contributed by atoms with E-state index < -0.39 is 0 Å². The molecule has 0 bridgehead atoms. The maximum absolute atomic E-state index is 9.51. The van der Waals surface area contributed by atoms with E-state index >= 15 is 0 Å². The van der Waals surface area contributed by atoms with Crippen molar-refractivity contribution in [2.24, 2.45) is 0 Å². The molecule has 2 unspecified atom stereocenters. The number of hydrogen-bond acceptors (Lipinski definition) is 4. The van der Waals surface area contributed by atoms with Crippen molar-refractivity contribution in [3.63, 3.8) is 0 Å². The summed E-state index contributed by atoms with van der Waals surface area (Å²) in [4.78, 5) is 0. The van der Waals surface area contributed by atoms with E-state index in [1.54, 1.807) is 0 Å². The van der Waals surface area contributed by atoms with Crippen molar-refractivity contribution in [3.8, 4) is 0 Å². The van der Waals surface area contributed by atoms with Gasteiger partial charge in [-0.2, -0.15) is 0 Å². The monoisotopic (exact) mass is 168 g/mol. The molecule has 1 aliphatic heterocycles. The summed E-state index contributed by atoms with van der Waals surface area (Å²) in [6.45, 7) is 2.69. The van der Waals surface area contributed by atoms with E-state index in [0.29, 0.717) is 0 Å². The van der Waals surface area contributed by atoms with Gasteiger partial charge < -0.3 is 14.9 Å². The highest BCUT2D eigenvalue weighted by Crippen LogP contribution is 2.22. The summed E-state index contributed by atoms with van der Waals surface area (Å²) in [7, 11) is 0. The number of nitrogens with zero attached hydrogens (tertiary/aromatic N) is 1. The zero-order chi connectivity index (χ0) is 8.55. The maximum atomic E-state index is 9.51. The number of aliphatic hydroxyl groups excluding tert-OH is 1. The first kappa shape index (κ1) is 7.76. The SMILES string of the molecule is Cc1cc(C2NCCC2O)no1. The standard InChI is InChI=1S/C8H12N2O2/c1-5-4-6(10-12-5)8-7(11)2-3-9-8/h4,7-9,11H,2-3H2,1H3. The average Bonchev–Trinajstić information content (AvgIpc) is 2.58. The minimum absolute atomic E-state index is 0.0394. The van der Waals surface area contributed by atoms with E-state index in [0.717, 1.165) is 24.4 Å².